The van der Waals surface area contributed by atoms with Crippen LogP contribution in [0.2, 0.25) is 0 Å². The lowest BCUT2D eigenvalue weighted by Crippen LogP contribution is -2.37. The Morgan fingerprint density at radius 1 is 0.917 bits per heavy atom. The Bertz CT molecular complexity index is 890. The van der Waals surface area contributed by atoms with Crippen molar-refractivity contribution < 1.29 is 38.1 Å². The number of carbonyl (C=O) groups excluding carboxylic acids is 4. The molecule has 0 saturated heterocycles. The van der Waals surface area contributed by atoms with Crippen molar-refractivity contribution in [2.75, 3.05) is 6.61 Å². The molecule has 0 heterocycles. The number of ether oxygens (including phenoxy) is 4. The monoisotopic (exact) mass is 507 g/mol. The first-order valence-corrected chi connectivity index (χ1v) is 12.5. The molecule has 0 fully saturated rings. The van der Waals surface area contributed by atoms with Crippen molar-refractivity contribution in [3.05, 3.63) is 23.8 Å². The highest BCUT2D eigenvalue weighted by Gasteiger charge is 2.25. The van der Waals surface area contributed by atoms with Gasteiger partial charge in [0.05, 0.1) is 5.41 Å². The summed E-state index contributed by atoms with van der Waals surface area (Å²) in [5.74, 6) is -1.69. The molecule has 0 radical (unpaired) electrons. The zero-order valence-electron chi connectivity index (χ0n) is 22.4. The molecule has 1 aromatic rings. The number of benzene rings is 1. The Morgan fingerprint density at radius 3 is 2.00 bits per heavy atom. The van der Waals surface area contributed by atoms with E-state index in [0.29, 0.717) is 18.4 Å². The van der Waals surface area contributed by atoms with Crippen LogP contribution < -0.4 is 15.2 Å². The van der Waals surface area contributed by atoms with Crippen molar-refractivity contribution in [1.29, 1.82) is 0 Å². The van der Waals surface area contributed by atoms with Gasteiger partial charge in [0.15, 0.2) is 11.5 Å². The second kappa shape index (κ2) is 15.2. The smallest absolute Gasteiger partial charge is 0.323 e. The second-order valence-corrected chi connectivity index (χ2v) is 9.84. The fourth-order valence-corrected chi connectivity index (χ4v) is 2.90. The molecule has 0 spiro atoms. The summed E-state index contributed by atoms with van der Waals surface area (Å²) in [5.41, 5.74) is 5.97. The molecular weight excluding hydrogens is 466 g/mol. The van der Waals surface area contributed by atoms with Crippen LogP contribution in [0.5, 0.6) is 11.5 Å². The van der Waals surface area contributed by atoms with Crippen LogP contribution in [0.1, 0.15) is 85.6 Å². The number of carbonyl (C=O) groups is 4. The van der Waals surface area contributed by atoms with Gasteiger partial charge in [-0.15, -0.1) is 0 Å². The fourth-order valence-electron chi connectivity index (χ4n) is 2.90. The summed E-state index contributed by atoms with van der Waals surface area (Å²) in [7, 11) is 0. The van der Waals surface area contributed by atoms with Gasteiger partial charge in [-0.05, 0) is 64.7 Å². The van der Waals surface area contributed by atoms with E-state index in [9.17, 15) is 19.2 Å². The van der Waals surface area contributed by atoms with Crippen LogP contribution in [0.4, 0.5) is 0 Å². The summed E-state index contributed by atoms with van der Waals surface area (Å²) < 4.78 is 21.3. The Balaban J connectivity index is 2.85. The molecule has 0 unspecified atom stereocenters. The number of unbranched alkanes of at least 4 members (excludes halogenated alkanes) is 2. The van der Waals surface area contributed by atoms with Gasteiger partial charge in [-0.3, -0.25) is 19.2 Å². The highest BCUT2D eigenvalue weighted by Crippen LogP contribution is 2.30. The van der Waals surface area contributed by atoms with Crippen LogP contribution in [0, 0.1) is 5.41 Å². The van der Waals surface area contributed by atoms with E-state index in [2.05, 4.69) is 0 Å². The maximum atomic E-state index is 12.5. The first-order chi connectivity index (χ1) is 16.9. The van der Waals surface area contributed by atoms with E-state index in [-0.39, 0.29) is 37.4 Å². The highest BCUT2D eigenvalue weighted by molar-refractivity contribution is 5.78. The number of hydrogen-bond acceptors (Lipinski definition) is 9. The maximum Gasteiger partial charge on any atom is 0.323 e. The molecule has 0 amide bonds. The lowest BCUT2D eigenvalue weighted by molar-refractivity contribution is -0.163. The lowest BCUT2D eigenvalue weighted by Gasteiger charge is -2.20. The normalized spacial score (nSPS) is 12.9. The average Bonchev–Trinajstić information content (AvgIpc) is 2.80. The number of esters is 4. The summed E-state index contributed by atoms with van der Waals surface area (Å²) in [4.78, 5) is 48.7. The van der Waals surface area contributed by atoms with Gasteiger partial charge in [-0.1, -0.05) is 32.8 Å². The second-order valence-electron chi connectivity index (χ2n) is 9.84. The van der Waals surface area contributed by atoms with E-state index >= 15 is 0 Å². The van der Waals surface area contributed by atoms with Gasteiger partial charge in [0.1, 0.15) is 18.8 Å². The Labute approximate surface area is 214 Å². The molecule has 9 heteroatoms. The number of rotatable bonds is 14. The van der Waals surface area contributed by atoms with E-state index in [1.54, 1.807) is 33.8 Å². The van der Waals surface area contributed by atoms with Crippen molar-refractivity contribution in [3.63, 3.8) is 0 Å². The minimum absolute atomic E-state index is 0.0789. The van der Waals surface area contributed by atoms with E-state index in [1.165, 1.54) is 12.1 Å². The molecule has 0 aliphatic carbocycles. The standard InChI is InChI=1S/C27H41NO8/c1-7-9-11-23(29)35-21-14-13-19(16-22(21)36-24(30)12-10-8-2)15-20(28)25(31)34-18(3)17-33-26(32)27(4,5)6/h13-14,16,18,20H,7-12,15,17,28H2,1-6H3/t18-,20-/m0/s1. The van der Waals surface area contributed by atoms with Crippen LogP contribution in [-0.4, -0.2) is 42.6 Å². The van der Waals surface area contributed by atoms with Gasteiger partial charge < -0.3 is 24.7 Å². The first-order valence-electron chi connectivity index (χ1n) is 12.5. The van der Waals surface area contributed by atoms with Gasteiger partial charge in [-0.25, -0.2) is 0 Å². The molecule has 0 bridgehead atoms. The predicted octanol–water partition coefficient (Wildman–Crippen LogP) is 4.27. The Morgan fingerprint density at radius 2 is 1.47 bits per heavy atom. The molecule has 36 heavy (non-hydrogen) atoms. The van der Waals surface area contributed by atoms with Gasteiger partial charge in [0, 0.05) is 12.8 Å². The molecule has 202 valence electrons. The molecule has 9 nitrogen and oxygen atoms in total. The van der Waals surface area contributed by atoms with E-state index in [4.69, 9.17) is 24.7 Å². The molecule has 0 aliphatic heterocycles. The minimum Gasteiger partial charge on any atom is -0.461 e. The Kier molecular flexibility index (Phi) is 13.2. The summed E-state index contributed by atoms with van der Waals surface area (Å²) in [5, 5.41) is 0. The SMILES string of the molecule is CCCCC(=O)Oc1ccc(C[C@H](N)C(=O)O[C@@H](C)COC(=O)C(C)(C)C)cc1OC(=O)CCCC. The largest absolute Gasteiger partial charge is 0.461 e. The summed E-state index contributed by atoms with van der Waals surface area (Å²) in [6, 6.07) is 3.70. The van der Waals surface area contributed by atoms with Gasteiger partial charge in [0.25, 0.3) is 0 Å². The minimum atomic E-state index is -1.01. The molecule has 2 atom stereocenters. The van der Waals surface area contributed by atoms with Crippen molar-refractivity contribution in [2.24, 2.45) is 11.1 Å². The van der Waals surface area contributed by atoms with Crippen LogP contribution in [0.3, 0.4) is 0 Å². The fraction of sp³-hybridized carbons (Fsp3) is 0.630. The summed E-state index contributed by atoms with van der Waals surface area (Å²) in [6.07, 6.45) is 2.94. The van der Waals surface area contributed by atoms with Crippen molar-refractivity contribution in [2.45, 2.75) is 98.6 Å². The van der Waals surface area contributed by atoms with Crippen LogP contribution in [-0.2, 0) is 35.1 Å². The van der Waals surface area contributed by atoms with Crippen LogP contribution in [0.25, 0.3) is 0 Å². The van der Waals surface area contributed by atoms with E-state index in [1.807, 2.05) is 13.8 Å². The maximum absolute atomic E-state index is 12.5. The topological polar surface area (TPSA) is 131 Å². The third kappa shape index (κ3) is 11.7. The first kappa shape index (κ1) is 31.1. The third-order valence-corrected chi connectivity index (χ3v) is 5.06. The molecular formula is C27H41NO8. The summed E-state index contributed by atoms with van der Waals surface area (Å²) >= 11 is 0. The van der Waals surface area contributed by atoms with E-state index < -0.39 is 41.4 Å². The number of hydrogen-bond donors (Lipinski definition) is 1. The Hall–Kier alpha value is -2.94. The van der Waals surface area contributed by atoms with Crippen molar-refractivity contribution in [1.82, 2.24) is 0 Å². The predicted molar refractivity (Wildman–Crippen MR) is 134 cm³/mol. The lowest BCUT2D eigenvalue weighted by atomic mass is 9.97. The highest BCUT2D eigenvalue weighted by atomic mass is 16.6. The van der Waals surface area contributed by atoms with Crippen LogP contribution in [0.15, 0.2) is 18.2 Å². The van der Waals surface area contributed by atoms with Gasteiger partial charge >= 0.3 is 23.9 Å². The van der Waals surface area contributed by atoms with Crippen molar-refractivity contribution in [3.8, 4) is 11.5 Å². The van der Waals surface area contributed by atoms with E-state index in [0.717, 1.165) is 12.8 Å². The molecule has 2 N–H and O–H groups in total. The number of nitrogens with two attached hydrogens (primary N) is 1. The molecule has 1 rings (SSSR count). The average molecular weight is 508 g/mol. The zero-order chi connectivity index (χ0) is 27.3. The molecule has 0 aliphatic rings. The third-order valence-electron chi connectivity index (χ3n) is 5.06. The molecule has 0 saturated carbocycles. The van der Waals surface area contributed by atoms with Crippen LogP contribution >= 0.6 is 0 Å². The van der Waals surface area contributed by atoms with Crippen molar-refractivity contribution >= 4 is 23.9 Å². The molecule has 0 aromatic heterocycles. The summed E-state index contributed by atoms with van der Waals surface area (Å²) in [6.45, 7) is 10.7. The van der Waals surface area contributed by atoms with Gasteiger partial charge in [-0.2, -0.15) is 0 Å². The zero-order valence-corrected chi connectivity index (χ0v) is 22.4. The quantitative estimate of drug-likeness (QED) is 0.290. The molecule has 1 aromatic carbocycles. The van der Waals surface area contributed by atoms with Gasteiger partial charge in [0.2, 0.25) is 0 Å².